The quantitative estimate of drug-likeness (QED) is 0.0261. The number of hydrogen-bond acceptors (Lipinski definition) is 6. The van der Waals surface area contributed by atoms with Crippen molar-refractivity contribution in [3.8, 4) is 0 Å². The number of carbonyl (C=O) groups is 3. The second kappa shape index (κ2) is 66.1. The van der Waals surface area contributed by atoms with Gasteiger partial charge in [-0.1, -0.05) is 276 Å². The summed E-state index contributed by atoms with van der Waals surface area (Å²) in [7, 11) is 0. The van der Waals surface area contributed by atoms with Crippen LogP contribution in [0.5, 0.6) is 0 Å². The lowest BCUT2D eigenvalue weighted by Crippen LogP contribution is -2.30. The Labute approximate surface area is 487 Å². The van der Waals surface area contributed by atoms with E-state index in [9.17, 15) is 14.4 Å². The first-order chi connectivity index (χ1) is 39.0. The van der Waals surface area contributed by atoms with Crippen molar-refractivity contribution >= 4 is 17.9 Å². The Hall–Kier alpha value is -4.45. The van der Waals surface area contributed by atoms with E-state index in [1.807, 2.05) is 0 Å². The number of carbonyl (C=O) groups excluding carboxylic acids is 3. The Morgan fingerprint density at radius 2 is 0.456 bits per heavy atom. The Kier molecular flexibility index (Phi) is 62.3. The van der Waals surface area contributed by atoms with E-state index < -0.39 is 6.10 Å². The lowest BCUT2D eigenvalue weighted by atomic mass is 10.0. The first-order valence-electron chi connectivity index (χ1n) is 32.7. The van der Waals surface area contributed by atoms with Crippen LogP contribution in [0, 0.1) is 0 Å². The normalized spacial score (nSPS) is 13.0. The molecule has 0 aliphatic carbocycles. The molecule has 0 bridgehead atoms. The maximum Gasteiger partial charge on any atom is 0.306 e. The molecule has 0 heterocycles. The molecule has 1 unspecified atom stereocenters. The van der Waals surface area contributed by atoms with E-state index in [2.05, 4.69) is 154 Å². The van der Waals surface area contributed by atoms with Crippen molar-refractivity contribution in [2.45, 2.75) is 297 Å². The minimum Gasteiger partial charge on any atom is -0.462 e. The molecule has 0 fully saturated rings. The zero-order valence-electron chi connectivity index (χ0n) is 51.3. The predicted octanol–water partition coefficient (Wildman–Crippen LogP) is 22.5. The highest BCUT2D eigenvalue weighted by Gasteiger charge is 2.19. The van der Waals surface area contributed by atoms with Gasteiger partial charge in [-0.25, -0.2) is 0 Å². The van der Waals surface area contributed by atoms with Crippen molar-refractivity contribution in [2.24, 2.45) is 0 Å². The topological polar surface area (TPSA) is 78.9 Å². The standard InChI is InChI=1S/C73H120O6/c1-4-7-10-13-16-19-22-25-27-29-30-31-32-33-34-35-36-37-38-39-40-41-42-44-45-48-51-54-57-60-63-66-72(75)78-69-70(68-77-71(74)65-62-59-56-53-50-47-24-21-18-15-12-9-6-3)79-73(76)67-64-61-58-55-52-49-46-43-28-26-23-20-17-14-11-8-5-2/h7-12,16-21,25-28,30-31,46-47,49-50,70H,4-6,13-15,22-24,29,32-45,48,51-69H2,1-3H3/b10-7-,11-8-,12-9-,19-16-,20-17-,21-18-,27-25-,28-26-,31-30-,49-46-,50-47-. The summed E-state index contributed by atoms with van der Waals surface area (Å²) in [6.07, 6.45) is 93.4. The maximum absolute atomic E-state index is 12.9. The number of esters is 3. The fourth-order valence-corrected chi connectivity index (χ4v) is 8.85. The lowest BCUT2D eigenvalue weighted by molar-refractivity contribution is -0.167. The zero-order valence-corrected chi connectivity index (χ0v) is 51.3. The Morgan fingerprint density at radius 1 is 0.253 bits per heavy atom. The van der Waals surface area contributed by atoms with Gasteiger partial charge in [-0.05, 0) is 128 Å². The molecule has 0 N–H and O–H groups in total. The third-order valence-corrected chi connectivity index (χ3v) is 13.6. The summed E-state index contributed by atoms with van der Waals surface area (Å²) in [5.41, 5.74) is 0. The minimum atomic E-state index is -0.807. The molecule has 0 aromatic heterocycles. The Balaban J connectivity index is 4.25. The highest BCUT2D eigenvalue weighted by molar-refractivity contribution is 5.71. The monoisotopic (exact) mass is 1090 g/mol. The van der Waals surface area contributed by atoms with Gasteiger partial charge in [-0.2, -0.15) is 0 Å². The summed E-state index contributed by atoms with van der Waals surface area (Å²) in [5, 5.41) is 0. The van der Waals surface area contributed by atoms with Crippen LogP contribution in [0.2, 0.25) is 0 Å². The third kappa shape index (κ3) is 64.3. The molecule has 0 aromatic rings. The zero-order chi connectivity index (χ0) is 57.1. The van der Waals surface area contributed by atoms with Gasteiger partial charge in [0.2, 0.25) is 0 Å². The predicted molar refractivity (Wildman–Crippen MR) is 343 cm³/mol. The van der Waals surface area contributed by atoms with Crippen molar-refractivity contribution < 1.29 is 28.6 Å². The van der Waals surface area contributed by atoms with E-state index in [0.717, 1.165) is 148 Å². The SMILES string of the molecule is CC/C=C\C/C=C\C/C=C\C/C=C\CCCCCCCCCCCCCCCCCCCCC(=O)OCC(COC(=O)CCCCC/C=C\C/C=C\C/C=C\CC)OC(=O)CCCCCC/C=C\C/C=C\C/C=C\C/C=C\CC. The maximum atomic E-state index is 12.9. The van der Waals surface area contributed by atoms with Crippen LogP contribution in [-0.2, 0) is 28.6 Å². The van der Waals surface area contributed by atoms with Gasteiger partial charge < -0.3 is 14.2 Å². The van der Waals surface area contributed by atoms with E-state index in [1.165, 1.54) is 103 Å². The Bertz CT molecular complexity index is 1680. The third-order valence-electron chi connectivity index (χ3n) is 13.6. The van der Waals surface area contributed by atoms with Crippen molar-refractivity contribution in [1.82, 2.24) is 0 Å². The average molecular weight is 1090 g/mol. The van der Waals surface area contributed by atoms with Gasteiger partial charge in [-0.15, -0.1) is 0 Å². The van der Waals surface area contributed by atoms with E-state index in [0.29, 0.717) is 19.3 Å². The number of ether oxygens (including phenoxy) is 3. The number of rotatable bonds is 58. The van der Waals surface area contributed by atoms with Crippen molar-refractivity contribution in [3.05, 3.63) is 134 Å². The van der Waals surface area contributed by atoms with Crippen LogP contribution >= 0.6 is 0 Å². The molecule has 6 nitrogen and oxygen atoms in total. The Morgan fingerprint density at radius 3 is 0.722 bits per heavy atom. The molecule has 0 saturated carbocycles. The van der Waals surface area contributed by atoms with Crippen LogP contribution in [0.1, 0.15) is 290 Å². The number of hydrogen-bond donors (Lipinski definition) is 0. The first-order valence-corrected chi connectivity index (χ1v) is 32.7. The highest BCUT2D eigenvalue weighted by atomic mass is 16.6. The molecule has 0 aliphatic rings. The fourth-order valence-electron chi connectivity index (χ4n) is 8.85. The van der Waals surface area contributed by atoms with E-state index in [4.69, 9.17) is 14.2 Å². The van der Waals surface area contributed by atoms with E-state index in [1.54, 1.807) is 0 Å². The molecule has 6 heteroatoms. The lowest BCUT2D eigenvalue weighted by Gasteiger charge is -2.18. The summed E-state index contributed by atoms with van der Waals surface area (Å²) < 4.78 is 16.9. The van der Waals surface area contributed by atoms with Crippen LogP contribution in [0.4, 0.5) is 0 Å². The largest absolute Gasteiger partial charge is 0.462 e. The molecule has 1 atom stereocenters. The molecule has 0 amide bonds. The first kappa shape index (κ1) is 74.5. The summed E-state index contributed by atoms with van der Waals surface area (Å²) in [4.78, 5) is 38.3. The second-order valence-electron chi connectivity index (χ2n) is 21.2. The van der Waals surface area contributed by atoms with Crippen LogP contribution in [-0.4, -0.2) is 37.2 Å². The molecule has 0 radical (unpaired) electrons. The second-order valence-corrected chi connectivity index (χ2v) is 21.2. The molecule has 0 saturated heterocycles. The van der Waals surface area contributed by atoms with Crippen molar-refractivity contribution in [3.63, 3.8) is 0 Å². The number of allylic oxidation sites excluding steroid dienone is 22. The van der Waals surface area contributed by atoms with Gasteiger partial charge in [0.15, 0.2) is 6.10 Å². The highest BCUT2D eigenvalue weighted by Crippen LogP contribution is 2.16. The van der Waals surface area contributed by atoms with E-state index >= 15 is 0 Å². The average Bonchev–Trinajstić information content (AvgIpc) is 3.45. The van der Waals surface area contributed by atoms with Gasteiger partial charge in [0, 0.05) is 19.3 Å². The van der Waals surface area contributed by atoms with Gasteiger partial charge in [0.1, 0.15) is 13.2 Å². The molecular weight excluding hydrogens is 973 g/mol. The van der Waals surface area contributed by atoms with Crippen LogP contribution < -0.4 is 0 Å². The van der Waals surface area contributed by atoms with Crippen LogP contribution in [0.25, 0.3) is 0 Å². The molecule has 79 heavy (non-hydrogen) atoms. The molecule has 0 rings (SSSR count). The van der Waals surface area contributed by atoms with Gasteiger partial charge in [0.25, 0.3) is 0 Å². The van der Waals surface area contributed by atoms with Crippen molar-refractivity contribution in [2.75, 3.05) is 13.2 Å². The van der Waals surface area contributed by atoms with Crippen LogP contribution in [0.3, 0.4) is 0 Å². The number of unbranched alkanes of at least 4 members (excludes halogenated alkanes) is 25. The molecule has 0 aromatic carbocycles. The molecule has 448 valence electrons. The van der Waals surface area contributed by atoms with Gasteiger partial charge in [0.05, 0.1) is 0 Å². The fraction of sp³-hybridized carbons (Fsp3) is 0.658. The van der Waals surface area contributed by atoms with Gasteiger partial charge >= 0.3 is 17.9 Å². The molecular formula is C73H120O6. The summed E-state index contributed by atoms with van der Waals surface area (Å²) >= 11 is 0. The molecule has 0 aliphatic heterocycles. The van der Waals surface area contributed by atoms with Crippen molar-refractivity contribution in [1.29, 1.82) is 0 Å². The summed E-state index contributed by atoms with van der Waals surface area (Å²) in [6.45, 7) is 6.27. The van der Waals surface area contributed by atoms with E-state index in [-0.39, 0.29) is 31.1 Å². The summed E-state index contributed by atoms with van der Waals surface area (Å²) in [5.74, 6) is -0.950. The minimum absolute atomic E-state index is 0.0989. The smallest absolute Gasteiger partial charge is 0.306 e. The van der Waals surface area contributed by atoms with Crippen LogP contribution in [0.15, 0.2) is 134 Å². The van der Waals surface area contributed by atoms with Gasteiger partial charge in [-0.3, -0.25) is 14.4 Å². The molecule has 0 spiro atoms. The summed E-state index contributed by atoms with van der Waals surface area (Å²) in [6, 6.07) is 0.